The van der Waals surface area contributed by atoms with Gasteiger partial charge in [0.1, 0.15) is 0 Å². The standard InChI is InChI=1S/C20H22O4/c1-23-19-15-17(10-12-18(19)21)11-13-20(22)24-14-6-5-9-16-7-3-2-4-8-16/h2-4,7-8,10-13,15,21H,5-6,9,14H2,1H3. The van der Waals surface area contributed by atoms with Gasteiger partial charge in [-0.25, -0.2) is 4.79 Å². The molecule has 4 heteroatoms. The predicted octanol–water partition coefficient (Wildman–Crippen LogP) is 3.98. The number of carbonyl (C=O) groups is 1. The minimum atomic E-state index is -0.373. The van der Waals surface area contributed by atoms with Crippen LogP contribution in [-0.4, -0.2) is 24.8 Å². The second-order valence-corrected chi connectivity index (χ2v) is 5.37. The van der Waals surface area contributed by atoms with E-state index in [4.69, 9.17) is 9.47 Å². The van der Waals surface area contributed by atoms with E-state index >= 15 is 0 Å². The highest BCUT2D eigenvalue weighted by Gasteiger charge is 2.02. The molecule has 0 fully saturated rings. The number of methoxy groups -OCH3 is 1. The number of unbranched alkanes of at least 4 members (excludes halogenated alkanes) is 1. The van der Waals surface area contributed by atoms with Gasteiger partial charge in [-0.3, -0.25) is 0 Å². The number of benzene rings is 2. The van der Waals surface area contributed by atoms with E-state index in [0.717, 1.165) is 24.8 Å². The number of aryl methyl sites for hydroxylation is 1. The van der Waals surface area contributed by atoms with Crippen LogP contribution in [0.4, 0.5) is 0 Å². The Labute approximate surface area is 142 Å². The quantitative estimate of drug-likeness (QED) is 0.453. The highest BCUT2D eigenvalue weighted by molar-refractivity contribution is 5.87. The van der Waals surface area contributed by atoms with Gasteiger partial charge in [0.25, 0.3) is 0 Å². The highest BCUT2D eigenvalue weighted by Crippen LogP contribution is 2.26. The second-order valence-electron chi connectivity index (χ2n) is 5.37. The van der Waals surface area contributed by atoms with Crippen molar-refractivity contribution >= 4 is 12.0 Å². The summed E-state index contributed by atoms with van der Waals surface area (Å²) in [5.74, 6) is 0.0591. The maximum Gasteiger partial charge on any atom is 0.330 e. The molecule has 0 aliphatic rings. The monoisotopic (exact) mass is 326 g/mol. The van der Waals surface area contributed by atoms with E-state index in [-0.39, 0.29) is 11.7 Å². The number of esters is 1. The molecule has 0 saturated heterocycles. The third kappa shape index (κ3) is 5.80. The van der Waals surface area contributed by atoms with Crippen molar-refractivity contribution in [1.29, 1.82) is 0 Å². The fourth-order valence-corrected chi connectivity index (χ4v) is 2.26. The lowest BCUT2D eigenvalue weighted by molar-refractivity contribution is -0.137. The highest BCUT2D eigenvalue weighted by atomic mass is 16.5. The van der Waals surface area contributed by atoms with E-state index < -0.39 is 0 Å². The molecule has 1 N–H and O–H groups in total. The van der Waals surface area contributed by atoms with Gasteiger partial charge in [-0.2, -0.15) is 0 Å². The maximum atomic E-state index is 11.7. The van der Waals surface area contributed by atoms with Crippen molar-refractivity contribution in [2.75, 3.05) is 13.7 Å². The molecule has 0 unspecified atom stereocenters. The maximum absolute atomic E-state index is 11.7. The van der Waals surface area contributed by atoms with Gasteiger partial charge in [0, 0.05) is 6.08 Å². The molecule has 0 atom stereocenters. The molecule has 2 aromatic rings. The van der Waals surface area contributed by atoms with Gasteiger partial charge >= 0.3 is 5.97 Å². The van der Waals surface area contributed by atoms with Crippen molar-refractivity contribution < 1.29 is 19.4 Å². The van der Waals surface area contributed by atoms with Crippen LogP contribution in [0.3, 0.4) is 0 Å². The molecule has 0 aromatic heterocycles. The number of carbonyl (C=O) groups excluding carboxylic acids is 1. The third-order valence-electron chi connectivity index (χ3n) is 3.56. The topological polar surface area (TPSA) is 55.8 Å². The van der Waals surface area contributed by atoms with Crippen molar-refractivity contribution in [2.45, 2.75) is 19.3 Å². The van der Waals surface area contributed by atoms with E-state index in [1.807, 2.05) is 18.2 Å². The molecule has 0 aliphatic heterocycles. The SMILES string of the molecule is COc1cc(C=CC(=O)OCCCCc2ccccc2)ccc1O. The molecular weight excluding hydrogens is 304 g/mol. The van der Waals surface area contributed by atoms with Crippen LogP contribution in [-0.2, 0) is 16.0 Å². The molecule has 0 radical (unpaired) electrons. The Morgan fingerprint density at radius 3 is 2.67 bits per heavy atom. The van der Waals surface area contributed by atoms with Gasteiger partial charge in [0.2, 0.25) is 0 Å². The predicted molar refractivity (Wildman–Crippen MR) is 94.0 cm³/mol. The fourth-order valence-electron chi connectivity index (χ4n) is 2.26. The Morgan fingerprint density at radius 2 is 1.92 bits per heavy atom. The number of ether oxygens (including phenoxy) is 2. The average Bonchev–Trinajstić information content (AvgIpc) is 2.61. The summed E-state index contributed by atoms with van der Waals surface area (Å²) in [6, 6.07) is 15.1. The van der Waals surface area contributed by atoms with Crippen LogP contribution < -0.4 is 4.74 Å². The van der Waals surface area contributed by atoms with Crippen molar-refractivity contribution in [1.82, 2.24) is 0 Å². The van der Waals surface area contributed by atoms with Gasteiger partial charge in [-0.15, -0.1) is 0 Å². The summed E-state index contributed by atoms with van der Waals surface area (Å²) >= 11 is 0. The summed E-state index contributed by atoms with van der Waals surface area (Å²) in [5.41, 5.74) is 2.05. The first kappa shape index (κ1) is 17.6. The van der Waals surface area contributed by atoms with Gasteiger partial charge < -0.3 is 14.6 Å². The smallest absolute Gasteiger partial charge is 0.330 e. The van der Waals surface area contributed by atoms with Crippen LogP contribution in [0, 0.1) is 0 Å². The summed E-state index contributed by atoms with van der Waals surface area (Å²) in [6.07, 6.45) is 5.82. The molecule has 0 amide bonds. The number of hydrogen-bond donors (Lipinski definition) is 1. The lowest BCUT2D eigenvalue weighted by atomic mass is 10.1. The minimum absolute atomic E-state index is 0.0654. The first-order valence-electron chi connectivity index (χ1n) is 7.95. The minimum Gasteiger partial charge on any atom is -0.504 e. The van der Waals surface area contributed by atoms with E-state index in [0.29, 0.717) is 12.4 Å². The van der Waals surface area contributed by atoms with Crippen LogP contribution in [0.2, 0.25) is 0 Å². The van der Waals surface area contributed by atoms with Crippen molar-refractivity contribution in [3.05, 3.63) is 65.7 Å². The normalized spacial score (nSPS) is 10.7. The van der Waals surface area contributed by atoms with Crippen LogP contribution in [0.5, 0.6) is 11.5 Å². The first-order chi connectivity index (χ1) is 11.7. The zero-order chi connectivity index (χ0) is 17.2. The largest absolute Gasteiger partial charge is 0.504 e. The Balaban J connectivity index is 1.69. The van der Waals surface area contributed by atoms with Gasteiger partial charge in [-0.05, 0) is 48.6 Å². The van der Waals surface area contributed by atoms with Gasteiger partial charge in [-0.1, -0.05) is 36.4 Å². The lowest BCUT2D eigenvalue weighted by Crippen LogP contribution is -2.02. The molecular formula is C20H22O4. The summed E-state index contributed by atoms with van der Waals surface area (Å²) < 4.78 is 10.2. The molecule has 126 valence electrons. The summed E-state index contributed by atoms with van der Waals surface area (Å²) in [4.78, 5) is 11.7. The average molecular weight is 326 g/mol. The molecule has 0 bridgehead atoms. The van der Waals surface area contributed by atoms with Crippen LogP contribution in [0.1, 0.15) is 24.0 Å². The third-order valence-corrected chi connectivity index (χ3v) is 3.56. The van der Waals surface area contributed by atoms with Crippen molar-refractivity contribution in [3.63, 3.8) is 0 Å². The summed E-state index contributed by atoms with van der Waals surface area (Å²) in [6.45, 7) is 0.412. The van der Waals surface area contributed by atoms with Crippen molar-refractivity contribution in [3.8, 4) is 11.5 Å². The molecule has 0 aliphatic carbocycles. The molecule has 2 rings (SSSR count). The Bertz CT molecular complexity index is 677. The first-order valence-corrected chi connectivity index (χ1v) is 7.95. The zero-order valence-electron chi connectivity index (χ0n) is 13.8. The fraction of sp³-hybridized carbons (Fsp3) is 0.250. The summed E-state index contributed by atoms with van der Waals surface area (Å²) in [5, 5.41) is 9.52. The van der Waals surface area contributed by atoms with Crippen molar-refractivity contribution in [2.24, 2.45) is 0 Å². The van der Waals surface area contributed by atoms with E-state index in [2.05, 4.69) is 12.1 Å². The van der Waals surface area contributed by atoms with E-state index in [9.17, 15) is 9.90 Å². The number of rotatable bonds is 8. The number of phenols is 1. The van der Waals surface area contributed by atoms with Crippen LogP contribution >= 0.6 is 0 Å². The van der Waals surface area contributed by atoms with Crippen LogP contribution in [0.15, 0.2) is 54.6 Å². The molecule has 0 saturated carbocycles. The van der Waals surface area contributed by atoms with E-state index in [1.165, 1.54) is 24.8 Å². The molecule has 2 aromatic carbocycles. The lowest BCUT2D eigenvalue weighted by Gasteiger charge is -2.04. The Hall–Kier alpha value is -2.75. The molecule has 0 spiro atoms. The summed E-state index contributed by atoms with van der Waals surface area (Å²) in [7, 11) is 1.48. The number of aromatic hydroxyl groups is 1. The van der Waals surface area contributed by atoms with Gasteiger partial charge in [0.15, 0.2) is 11.5 Å². The Kier molecular flexibility index (Phi) is 6.90. The second kappa shape index (κ2) is 9.40. The van der Waals surface area contributed by atoms with E-state index in [1.54, 1.807) is 18.2 Å². The van der Waals surface area contributed by atoms with Gasteiger partial charge in [0.05, 0.1) is 13.7 Å². The van der Waals surface area contributed by atoms with Crippen LogP contribution in [0.25, 0.3) is 6.08 Å². The number of phenolic OH excluding ortho intramolecular Hbond substituents is 1. The zero-order valence-corrected chi connectivity index (χ0v) is 13.8. The molecule has 0 heterocycles. The molecule has 4 nitrogen and oxygen atoms in total. The Morgan fingerprint density at radius 1 is 1.12 bits per heavy atom. The number of hydrogen-bond acceptors (Lipinski definition) is 4. The molecule has 24 heavy (non-hydrogen) atoms.